The van der Waals surface area contributed by atoms with Crippen molar-refractivity contribution in [3.8, 4) is 5.75 Å². The number of benzene rings is 2. The minimum absolute atomic E-state index is 0.0202. The molecule has 0 heterocycles. The second-order valence-electron chi connectivity index (χ2n) is 6.67. The third-order valence-corrected chi connectivity index (χ3v) is 4.34. The molecular weight excluding hydrogens is 364 g/mol. The number of para-hydroxylation sites is 1. The zero-order chi connectivity index (χ0) is 20.7. The van der Waals surface area contributed by atoms with Crippen molar-refractivity contribution in [2.24, 2.45) is 4.99 Å². The van der Waals surface area contributed by atoms with E-state index in [9.17, 15) is 4.79 Å². The van der Waals surface area contributed by atoms with Gasteiger partial charge in [0.1, 0.15) is 5.75 Å². The number of ether oxygens (including phenoxy) is 1. The van der Waals surface area contributed by atoms with Crippen molar-refractivity contribution in [3.05, 3.63) is 65.7 Å². The number of nitrogens with zero attached hydrogens (tertiary/aromatic N) is 1. The lowest BCUT2D eigenvalue weighted by Gasteiger charge is -2.12. The fraction of sp³-hybridized carbons (Fsp3) is 0.391. The molecule has 156 valence electrons. The van der Waals surface area contributed by atoms with E-state index >= 15 is 0 Å². The van der Waals surface area contributed by atoms with Gasteiger partial charge in [0.05, 0.1) is 6.61 Å². The van der Waals surface area contributed by atoms with Crippen molar-refractivity contribution in [3.63, 3.8) is 0 Å². The number of carbonyl (C=O) groups is 1. The maximum absolute atomic E-state index is 12.0. The molecule has 29 heavy (non-hydrogen) atoms. The summed E-state index contributed by atoms with van der Waals surface area (Å²) in [5, 5.41) is 9.49. The van der Waals surface area contributed by atoms with Gasteiger partial charge in [-0.05, 0) is 42.7 Å². The maximum atomic E-state index is 12.0. The van der Waals surface area contributed by atoms with Crippen LogP contribution in [0.4, 0.5) is 0 Å². The fourth-order valence-corrected chi connectivity index (χ4v) is 2.65. The molecule has 0 radical (unpaired) electrons. The van der Waals surface area contributed by atoms with Crippen molar-refractivity contribution >= 4 is 11.9 Å². The van der Waals surface area contributed by atoms with Gasteiger partial charge >= 0.3 is 0 Å². The lowest BCUT2D eigenvalue weighted by Crippen LogP contribution is -2.37. The van der Waals surface area contributed by atoms with Crippen molar-refractivity contribution in [1.82, 2.24) is 16.0 Å². The molecule has 3 N–H and O–H groups in total. The summed E-state index contributed by atoms with van der Waals surface area (Å²) < 4.78 is 5.68. The van der Waals surface area contributed by atoms with Gasteiger partial charge in [0.25, 0.3) is 5.91 Å². The van der Waals surface area contributed by atoms with E-state index in [1.54, 1.807) is 7.05 Å². The molecule has 6 nitrogen and oxygen atoms in total. The first-order chi connectivity index (χ1) is 14.2. The van der Waals surface area contributed by atoms with Gasteiger partial charge in [-0.15, -0.1) is 0 Å². The van der Waals surface area contributed by atoms with Crippen LogP contribution in [0.25, 0.3) is 0 Å². The number of hydrogen-bond acceptors (Lipinski definition) is 3. The molecule has 2 aromatic rings. The van der Waals surface area contributed by atoms with Crippen molar-refractivity contribution in [2.75, 3.05) is 26.7 Å². The monoisotopic (exact) mass is 396 g/mol. The Labute approximate surface area is 173 Å². The van der Waals surface area contributed by atoms with Gasteiger partial charge in [0, 0.05) is 32.2 Å². The molecule has 1 amide bonds. The minimum Gasteiger partial charge on any atom is -0.494 e. The normalized spacial score (nSPS) is 11.0. The molecule has 2 rings (SSSR count). The molecule has 0 atom stereocenters. The first kappa shape index (κ1) is 22.3. The van der Waals surface area contributed by atoms with Crippen LogP contribution < -0.4 is 20.7 Å². The summed E-state index contributed by atoms with van der Waals surface area (Å²) in [6, 6.07) is 17.4. The Hall–Kier alpha value is -3.02. The lowest BCUT2D eigenvalue weighted by atomic mass is 10.1. The van der Waals surface area contributed by atoms with E-state index in [-0.39, 0.29) is 5.91 Å². The van der Waals surface area contributed by atoms with E-state index in [2.05, 4.69) is 27.9 Å². The standard InChI is InChI=1S/C23H32N4O2/c1-3-4-15-25-22(28)20-13-11-19(12-14-20)18-27-23(24-2)26-16-8-17-29-21-9-6-5-7-10-21/h5-7,9-14H,3-4,8,15-18H2,1-2H3,(H,25,28)(H2,24,26,27). The molecule has 2 aromatic carbocycles. The predicted octanol–water partition coefficient (Wildman–Crippen LogP) is 3.35. The van der Waals surface area contributed by atoms with E-state index in [1.165, 1.54) is 0 Å². The van der Waals surface area contributed by atoms with Crippen molar-refractivity contribution in [1.29, 1.82) is 0 Å². The molecule has 0 aliphatic rings. The number of rotatable bonds is 11. The summed E-state index contributed by atoms with van der Waals surface area (Å²) in [7, 11) is 1.75. The molecule has 0 unspecified atom stereocenters. The number of aliphatic imine (C=N–C) groups is 1. The number of carbonyl (C=O) groups excluding carboxylic acids is 1. The van der Waals surface area contributed by atoms with Gasteiger partial charge in [-0.1, -0.05) is 43.7 Å². The second-order valence-corrected chi connectivity index (χ2v) is 6.67. The van der Waals surface area contributed by atoms with Crippen LogP contribution in [0, 0.1) is 0 Å². The first-order valence-electron chi connectivity index (χ1n) is 10.2. The minimum atomic E-state index is -0.0202. The van der Waals surface area contributed by atoms with Crippen LogP contribution >= 0.6 is 0 Å². The maximum Gasteiger partial charge on any atom is 0.251 e. The molecular formula is C23H32N4O2. The highest BCUT2D eigenvalue weighted by molar-refractivity contribution is 5.94. The predicted molar refractivity (Wildman–Crippen MR) is 118 cm³/mol. The molecule has 0 bridgehead atoms. The summed E-state index contributed by atoms with van der Waals surface area (Å²) in [5.41, 5.74) is 1.77. The number of guanidine groups is 1. The Morgan fingerprint density at radius 2 is 1.66 bits per heavy atom. The van der Waals surface area contributed by atoms with Crippen LogP contribution in [0.2, 0.25) is 0 Å². The van der Waals surface area contributed by atoms with E-state index in [4.69, 9.17) is 4.74 Å². The van der Waals surface area contributed by atoms with Gasteiger partial charge in [0.15, 0.2) is 5.96 Å². The highest BCUT2D eigenvalue weighted by Gasteiger charge is 2.05. The Kier molecular flexibility index (Phi) is 10.1. The van der Waals surface area contributed by atoms with E-state index in [0.717, 1.165) is 49.6 Å². The van der Waals surface area contributed by atoms with E-state index < -0.39 is 0 Å². The summed E-state index contributed by atoms with van der Waals surface area (Å²) in [5.74, 6) is 1.61. The van der Waals surface area contributed by atoms with Crippen molar-refractivity contribution in [2.45, 2.75) is 32.7 Å². The van der Waals surface area contributed by atoms with Crippen LogP contribution in [0.1, 0.15) is 42.1 Å². The largest absolute Gasteiger partial charge is 0.494 e. The number of nitrogens with one attached hydrogen (secondary N) is 3. The summed E-state index contributed by atoms with van der Waals surface area (Å²) in [6.07, 6.45) is 2.94. The number of hydrogen-bond donors (Lipinski definition) is 3. The van der Waals surface area contributed by atoms with Crippen LogP contribution in [-0.2, 0) is 6.54 Å². The van der Waals surface area contributed by atoms with Gasteiger partial charge in [-0.2, -0.15) is 0 Å². The third kappa shape index (κ3) is 8.68. The molecule has 6 heteroatoms. The van der Waals surface area contributed by atoms with Gasteiger partial charge in [-0.3, -0.25) is 9.79 Å². The Balaban J connectivity index is 1.66. The lowest BCUT2D eigenvalue weighted by molar-refractivity contribution is 0.0953. The smallest absolute Gasteiger partial charge is 0.251 e. The van der Waals surface area contributed by atoms with Gasteiger partial charge in [0.2, 0.25) is 0 Å². The Bertz CT molecular complexity index is 745. The molecule has 0 aliphatic carbocycles. The van der Waals surface area contributed by atoms with Crippen LogP contribution in [0.3, 0.4) is 0 Å². The molecule has 0 saturated carbocycles. The Morgan fingerprint density at radius 1 is 0.931 bits per heavy atom. The average Bonchev–Trinajstić information content (AvgIpc) is 2.77. The average molecular weight is 397 g/mol. The van der Waals surface area contributed by atoms with Crippen LogP contribution in [0.15, 0.2) is 59.6 Å². The quantitative estimate of drug-likeness (QED) is 0.309. The molecule has 0 spiro atoms. The summed E-state index contributed by atoms with van der Waals surface area (Å²) in [4.78, 5) is 16.3. The summed E-state index contributed by atoms with van der Waals surface area (Å²) in [6.45, 7) is 4.88. The van der Waals surface area contributed by atoms with Gasteiger partial charge < -0.3 is 20.7 Å². The highest BCUT2D eigenvalue weighted by atomic mass is 16.5. The second kappa shape index (κ2) is 13.2. The SMILES string of the molecule is CCCCNC(=O)c1ccc(CNC(=NC)NCCCOc2ccccc2)cc1. The highest BCUT2D eigenvalue weighted by Crippen LogP contribution is 2.08. The molecule has 0 fully saturated rings. The Morgan fingerprint density at radius 3 is 2.34 bits per heavy atom. The van der Waals surface area contributed by atoms with E-state index in [1.807, 2.05) is 54.6 Å². The van der Waals surface area contributed by atoms with Crippen LogP contribution in [-0.4, -0.2) is 38.6 Å². The zero-order valence-electron chi connectivity index (χ0n) is 17.4. The topological polar surface area (TPSA) is 74.8 Å². The fourth-order valence-electron chi connectivity index (χ4n) is 2.65. The summed E-state index contributed by atoms with van der Waals surface area (Å²) >= 11 is 0. The molecule has 0 aliphatic heterocycles. The third-order valence-electron chi connectivity index (χ3n) is 4.34. The number of amides is 1. The van der Waals surface area contributed by atoms with E-state index in [0.29, 0.717) is 18.7 Å². The van der Waals surface area contributed by atoms with Crippen molar-refractivity contribution < 1.29 is 9.53 Å². The zero-order valence-corrected chi connectivity index (χ0v) is 17.4. The van der Waals surface area contributed by atoms with Gasteiger partial charge in [-0.25, -0.2) is 0 Å². The first-order valence-corrected chi connectivity index (χ1v) is 10.2. The molecule has 0 aromatic heterocycles. The number of unbranched alkanes of at least 4 members (excludes halogenated alkanes) is 1. The van der Waals surface area contributed by atoms with Crippen LogP contribution in [0.5, 0.6) is 5.75 Å². The molecule has 0 saturated heterocycles.